The number of halogens is 1. The number of rotatable bonds is 9. The molecule has 0 aliphatic heterocycles. The summed E-state index contributed by atoms with van der Waals surface area (Å²) in [7, 11) is 0. The van der Waals surface area contributed by atoms with E-state index in [0.29, 0.717) is 18.1 Å². The van der Waals surface area contributed by atoms with Crippen LogP contribution in [0.5, 0.6) is 11.5 Å². The van der Waals surface area contributed by atoms with E-state index in [0.717, 1.165) is 26.7 Å². The summed E-state index contributed by atoms with van der Waals surface area (Å²) in [6.07, 6.45) is 3.94. The third-order valence-corrected chi connectivity index (χ3v) is 5.44. The minimum Gasteiger partial charge on any atom is -0.490 e. The highest BCUT2D eigenvalue weighted by Crippen LogP contribution is 2.24. The van der Waals surface area contributed by atoms with E-state index in [4.69, 9.17) is 14.6 Å². The van der Waals surface area contributed by atoms with Crippen molar-refractivity contribution in [2.75, 3.05) is 13.2 Å². The highest BCUT2D eigenvalue weighted by Gasteiger charge is 2.06. The lowest BCUT2D eigenvalue weighted by Gasteiger charge is -2.10. The number of allylic oxidation sites excluding steroid dienone is 1. The molecule has 0 aromatic heterocycles. The second-order valence-electron chi connectivity index (χ2n) is 7.50. The number of benzene rings is 3. The number of aryl methyl sites for hydroxylation is 1. The lowest BCUT2D eigenvalue weighted by atomic mass is 9.98. The van der Waals surface area contributed by atoms with Crippen LogP contribution in [0, 0.1) is 18.8 Å². The summed E-state index contributed by atoms with van der Waals surface area (Å²) in [6, 6.07) is 20.8. The molecule has 2 N–H and O–H groups in total. The molecule has 34 heavy (non-hydrogen) atoms. The van der Waals surface area contributed by atoms with Gasteiger partial charge in [-0.25, -0.2) is 4.79 Å². The third-order valence-electron chi connectivity index (χ3n) is 4.91. The molecule has 174 valence electrons. The van der Waals surface area contributed by atoms with E-state index in [2.05, 4.69) is 27.8 Å². The van der Waals surface area contributed by atoms with Gasteiger partial charge >= 0.3 is 5.97 Å². The molecule has 0 heterocycles. The Morgan fingerprint density at radius 1 is 1.06 bits per heavy atom. The summed E-state index contributed by atoms with van der Waals surface area (Å²) in [5.74, 6) is 6.57. The van der Waals surface area contributed by atoms with Gasteiger partial charge in [-0.2, -0.15) is 0 Å². The zero-order valence-corrected chi connectivity index (χ0v) is 20.3. The average Bonchev–Trinajstić information content (AvgIpc) is 2.84. The van der Waals surface area contributed by atoms with Crippen LogP contribution >= 0.6 is 15.9 Å². The van der Waals surface area contributed by atoms with Crippen molar-refractivity contribution in [2.24, 2.45) is 0 Å². The smallest absolute Gasteiger partial charge is 0.341 e. The first-order valence-corrected chi connectivity index (χ1v) is 11.5. The SMILES string of the molecule is Cc1cc(OC/C=C\C(C#Cc2ccc(CO)cc2)c2ccc(Br)cc2)ccc1OCC(=O)O. The molecule has 0 saturated carbocycles. The highest BCUT2D eigenvalue weighted by molar-refractivity contribution is 9.10. The van der Waals surface area contributed by atoms with Crippen molar-refractivity contribution in [3.05, 3.63) is 106 Å². The van der Waals surface area contributed by atoms with Crippen molar-refractivity contribution in [3.63, 3.8) is 0 Å². The van der Waals surface area contributed by atoms with Gasteiger partial charge in [0.15, 0.2) is 6.61 Å². The molecule has 3 aromatic rings. The summed E-state index contributed by atoms with van der Waals surface area (Å²) >= 11 is 3.47. The summed E-state index contributed by atoms with van der Waals surface area (Å²) in [5, 5.41) is 18.0. The Bertz CT molecular complexity index is 1190. The minimum absolute atomic E-state index is 0.00950. The maximum Gasteiger partial charge on any atom is 0.341 e. The van der Waals surface area contributed by atoms with E-state index in [1.165, 1.54) is 0 Å². The Morgan fingerprint density at radius 3 is 2.44 bits per heavy atom. The van der Waals surface area contributed by atoms with Crippen LogP contribution in [0.2, 0.25) is 0 Å². The Balaban J connectivity index is 1.68. The topological polar surface area (TPSA) is 76.0 Å². The first-order valence-electron chi connectivity index (χ1n) is 10.7. The van der Waals surface area contributed by atoms with Gasteiger partial charge in [-0.3, -0.25) is 0 Å². The molecule has 1 atom stereocenters. The zero-order valence-electron chi connectivity index (χ0n) is 18.7. The van der Waals surface area contributed by atoms with Gasteiger partial charge in [0.2, 0.25) is 0 Å². The first kappa shape index (κ1) is 25.1. The van der Waals surface area contributed by atoms with Crippen LogP contribution in [-0.2, 0) is 11.4 Å². The fourth-order valence-corrected chi connectivity index (χ4v) is 3.38. The van der Waals surface area contributed by atoms with Gasteiger partial charge in [0.05, 0.1) is 12.5 Å². The molecule has 0 aliphatic carbocycles. The van der Waals surface area contributed by atoms with Crippen LogP contribution < -0.4 is 9.47 Å². The quantitative estimate of drug-likeness (QED) is 0.288. The Morgan fingerprint density at radius 2 is 1.79 bits per heavy atom. The minimum atomic E-state index is -1.02. The fraction of sp³-hybridized carbons (Fsp3) is 0.179. The summed E-state index contributed by atoms with van der Waals surface area (Å²) in [5.41, 5.74) is 3.59. The Kier molecular flexibility index (Phi) is 9.33. The summed E-state index contributed by atoms with van der Waals surface area (Å²) in [6.45, 7) is 1.82. The molecule has 1 unspecified atom stereocenters. The number of aliphatic carboxylic acids is 1. The molecule has 3 rings (SSSR count). The molecular weight excluding hydrogens is 496 g/mol. The number of carboxylic acid groups (broad SMARTS) is 1. The lowest BCUT2D eigenvalue weighted by molar-refractivity contribution is -0.139. The second-order valence-corrected chi connectivity index (χ2v) is 8.42. The monoisotopic (exact) mass is 520 g/mol. The van der Waals surface area contributed by atoms with Gasteiger partial charge in [0, 0.05) is 10.0 Å². The molecule has 0 bridgehead atoms. The predicted octanol–water partition coefficient (Wildman–Crippen LogP) is 5.48. The molecular formula is C28H25BrO5. The normalized spacial score (nSPS) is 11.5. The van der Waals surface area contributed by atoms with Crippen LogP contribution in [0.25, 0.3) is 0 Å². The highest BCUT2D eigenvalue weighted by atomic mass is 79.9. The second kappa shape index (κ2) is 12.6. The third kappa shape index (κ3) is 7.80. The number of aliphatic hydroxyl groups is 1. The number of hydrogen-bond acceptors (Lipinski definition) is 4. The van der Waals surface area contributed by atoms with E-state index in [-0.39, 0.29) is 19.1 Å². The van der Waals surface area contributed by atoms with E-state index in [1.807, 2.05) is 73.7 Å². The van der Waals surface area contributed by atoms with E-state index >= 15 is 0 Å². The maximum atomic E-state index is 10.7. The molecule has 3 aromatic carbocycles. The van der Waals surface area contributed by atoms with Gasteiger partial charge in [0.25, 0.3) is 0 Å². The Hall–Kier alpha value is -3.53. The van der Waals surface area contributed by atoms with E-state index < -0.39 is 5.97 Å². The predicted molar refractivity (Wildman–Crippen MR) is 135 cm³/mol. The standard InChI is InChI=1S/C28H25BrO5/c1-20-17-26(14-15-27(20)34-19-28(31)32)33-16-2-3-23(24-10-12-25(29)13-11-24)9-8-21-4-6-22(18-30)7-5-21/h2-7,10-15,17,23,30H,16,18-19H2,1H3,(H,31,32)/b3-2-. The number of carbonyl (C=O) groups is 1. The van der Waals surface area contributed by atoms with Crippen molar-refractivity contribution in [3.8, 4) is 23.3 Å². The maximum absolute atomic E-state index is 10.7. The molecule has 0 aliphatic rings. The molecule has 5 nitrogen and oxygen atoms in total. The number of ether oxygens (including phenoxy) is 2. The molecule has 0 saturated heterocycles. The molecule has 6 heteroatoms. The first-order chi connectivity index (χ1) is 16.4. The van der Waals surface area contributed by atoms with Gasteiger partial charge in [-0.1, -0.05) is 58.1 Å². The summed E-state index contributed by atoms with van der Waals surface area (Å²) in [4.78, 5) is 10.7. The van der Waals surface area contributed by atoms with Gasteiger partial charge in [-0.15, -0.1) is 0 Å². The van der Waals surface area contributed by atoms with Crippen molar-refractivity contribution in [1.29, 1.82) is 0 Å². The molecule has 0 amide bonds. The van der Waals surface area contributed by atoms with Crippen molar-refractivity contribution in [2.45, 2.75) is 19.4 Å². The van der Waals surface area contributed by atoms with Crippen LogP contribution in [-0.4, -0.2) is 29.4 Å². The number of aliphatic hydroxyl groups excluding tert-OH is 1. The van der Waals surface area contributed by atoms with Gasteiger partial charge in [-0.05, 0) is 72.2 Å². The molecule has 0 spiro atoms. The van der Waals surface area contributed by atoms with Crippen LogP contribution in [0.15, 0.2) is 83.4 Å². The molecule has 0 fully saturated rings. The van der Waals surface area contributed by atoms with E-state index in [1.54, 1.807) is 12.1 Å². The Labute approximate surface area is 207 Å². The number of hydrogen-bond donors (Lipinski definition) is 2. The lowest BCUT2D eigenvalue weighted by Crippen LogP contribution is -2.10. The fourth-order valence-electron chi connectivity index (χ4n) is 3.12. The van der Waals surface area contributed by atoms with Gasteiger partial charge < -0.3 is 19.7 Å². The summed E-state index contributed by atoms with van der Waals surface area (Å²) < 4.78 is 12.1. The van der Waals surface area contributed by atoms with Crippen LogP contribution in [0.1, 0.15) is 28.2 Å². The average molecular weight is 521 g/mol. The number of carboxylic acids is 1. The van der Waals surface area contributed by atoms with Crippen LogP contribution in [0.3, 0.4) is 0 Å². The van der Waals surface area contributed by atoms with Crippen molar-refractivity contribution in [1.82, 2.24) is 0 Å². The van der Waals surface area contributed by atoms with Gasteiger partial charge in [0.1, 0.15) is 18.1 Å². The van der Waals surface area contributed by atoms with E-state index in [9.17, 15) is 9.90 Å². The van der Waals surface area contributed by atoms with Crippen LogP contribution in [0.4, 0.5) is 0 Å². The zero-order chi connectivity index (χ0) is 24.3. The molecule has 0 radical (unpaired) electrons. The van der Waals surface area contributed by atoms with Crippen molar-refractivity contribution < 1.29 is 24.5 Å². The largest absolute Gasteiger partial charge is 0.490 e. The van der Waals surface area contributed by atoms with Crippen molar-refractivity contribution >= 4 is 21.9 Å².